The first kappa shape index (κ1) is 22.6. The van der Waals surface area contributed by atoms with E-state index in [4.69, 9.17) is 11.5 Å². The molecule has 1 aromatic carbocycles. The van der Waals surface area contributed by atoms with E-state index in [-0.39, 0.29) is 22.5 Å². The van der Waals surface area contributed by atoms with E-state index >= 15 is 0 Å². The third-order valence-corrected chi connectivity index (χ3v) is 5.15. The summed E-state index contributed by atoms with van der Waals surface area (Å²) < 4.78 is 1.58. The number of aromatic nitrogens is 3. The van der Waals surface area contributed by atoms with E-state index in [1.807, 2.05) is 30.5 Å². The van der Waals surface area contributed by atoms with Gasteiger partial charge in [-0.3, -0.25) is 9.56 Å². The van der Waals surface area contributed by atoms with E-state index in [0.717, 1.165) is 28.9 Å². The van der Waals surface area contributed by atoms with Gasteiger partial charge in [0, 0.05) is 42.3 Å². The van der Waals surface area contributed by atoms with Crippen molar-refractivity contribution in [3.8, 4) is 5.69 Å². The molecule has 0 unspecified atom stereocenters. The number of nitrogens with zero attached hydrogens (tertiary/aromatic N) is 3. The second-order valence-corrected chi connectivity index (χ2v) is 9.81. The molecule has 0 spiro atoms. The lowest BCUT2D eigenvalue weighted by Gasteiger charge is -2.23. The number of guanidine groups is 1. The molecule has 0 fully saturated rings. The van der Waals surface area contributed by atoms with Gasteiger partial charge in [-0.25, -0.2) is 4.79 Å². The molecule has 2 aromatic heterocycles. The van der Waals surface area contributed by atoms with E-state index in [2.05, 4.69) is 61.0 Å². The summed E-state index contributed by atoms with van der Waals surface area (Å²) in [5.74, 6) is 0.112. The number of fused-ring (bicyclic) bond motifs is 1. The maximum absolute atomic E-state index is 12.6. The highest BCUT2D eigenvalue weighted by atomic mass is 16.1. The van der Waals surface area contributed by atoms with Crippen molar-refractivity contribution in [1.82, 2.24) is 19.9 Å². The Kier molecular flexibility index (Phi) is 6.22. The number of hydrogen-bond acceptors (Lipinski definition) is 4. The molecule has 2 heterocycles. The summed E-state index contributed by atoms with van der Waals surface area (Å²) in [5, 5.41) is 4.36. The predicted molar refractivity (Wildman–Crippen MR) is 127 cm³/mol. The molecule has 0 aliphatic rings. The van der Waals surface area contributed by atoms with E-state index in [0.29, 0.717) is 18.7 Å². The van der Waals surface area contributed by atoms with Crippen LogP contribution in [0.5, 0.6) is 0 Å². The summed E-state index contributed by atoms with van der Waals surface area (Å²) in [6.45, 7) is 12.6. The molecule has 0 atom stereocenters. The first-order chi connectivity index (χ1) is 14.4. The summed E-state index contributed by atoms with van der Waals surface area (Å²) in [7, 11) is 0. The van der Waals surface area contributed by atoms with Crippen molar-refractivity contribution in [2.45, 2.75) is 46.6 Å². The fourth-order valence-electron chi connectivity index (χ4n) is 3.26. The lowest BCUT2D eigenvalue weighted by Crippen LogP contribution is -2.33. The summed E-state index contributed by atoms with van der Waals surface area (Å²) in [6, 6.07) is 9.96. The molecule has 0 amide bonds. The first-order valence-electron chi connectivity index (χ1n) is 10.4. The van der Waals surface area contributed by atoms with Crippen LogP contribution in [0, 0.1) is 5.41 Å². The van der Waals surface area contributed by atoms with Crippen molar-refractivity contribution in [3.05, 3.63) is 58.3 Å². The van der Waals surface area contributed by atoms with Crippen LogP contribution < -0.4 is 22.5 Å². The van der Waals surface area contributed by atoms with Gasteiger partial charge in [-0.15, -0.1) is 0 Å². The Morgan fingerprint density at radius 2 is 1.84 bits per heavy atom. The zero-order valence-corrected chi connectivity index (χ0v) is 19.0. The zero-order valence-electron chi connectivity index (χ0n) is 19.0. The molecule has 31 heavy (non-hydrogen) atoms. The molecular weight excluding hydrogens is 390 g/mol. The van der Waals surface area contributed by atoms with Crippen LogP contribution in [-0.2, 0) is 12.0 Å². The van der Waals surface area contributed by atoms with Crippen molar-refractivity contribution < 1.29 is 0 Å². The Morgan fingerprint density at radius 1 is 1.16 bits per heavy atom. The molecule has 0 radical (unpaired) electrons. The van der Waals surface area contributed by atoms with Gasteiger partial charge in [-0.2, -0.15) is 4.98 Å². The Morgan fingerprint density at radius 3 is 2.45 bits per heavy atom. The van der Waals surface area contributed by atoms with Crippen LogP contribution in [0.4, 0.5) is 0 Å². The quantitative estimate of drug-likeness (QED) is 0.343. The highest BCUT2D eigenvalue weighted by Gasteiger charge is 2.18. The van der Waals surface area contributed by atoms with Crippen LogP contribution in [0.15, 0.2) is 46.3 Å². The highest BCUT2D eigenvalue weighted by Crippen LogP contribution is 2.24. The Bertz CT molecular complexity index is 1130. The van der Waals surface area contributed by atoms with Crippen molar-refractivity contribution in [1.29, 1.82) is 0 Å². The van der Waals surface area contributed by atoms with Gasteiger partial charge in [-0.1, -0.05) is 46.8 Å². The van der Waals surface area contributed by atoms with Gasteiger partial charge in [-0.05, 0) is 29.2 Å². The van der Waals surface area contributed by atoms with Gasteiger partial charge >= 0.3 is 5.69 Å². The third-order valence-electron chi connectivity index (χ3n) is 5.15. The molecular formula is C23H33N7O. The lowest BCUT2D eigenvalue weighted by atomic mass is 9.92. The largest absolute Gasteiger partial charge is 0.370 e. The van der Waals surface area contributed by atoms with Crippen LogP contribution in [0.2, 0.25) is 0 Å². The average Bonchev–Trinajstić information content (AvgIpc) is 3.10. The second kappa shape index (κ2) is 8.55. The number of nitrogens with one attached hydrogen (secondary N) is 2. The fraction of sp³-hybridized carbons (Fsp3) is 0.435. The smallest absolute Gasteiger partial charge is 0.354 e. The third kappa shape index (κ3) is 5.73. The van der Waals surface area contributed by atoms with Crippen LogP contribution in [0.25, 0.3) is 16.7 Å². The number of aliphatic imine (C=N–C) groups is 1. The number of H-pyrrole nitrogens is 1. The van der Waals surface area contributed by atoms with Crippen LogP contribution in [0.3, 0.4) is 0 Å². The molecule has 0 saturated carbocycles. The van der Waals surface area contributed by atoms with Crippen LogP contribution in [-0.4, -0.2) is 33.6 Å². The minimum atomic E-state index is -0.304. The topological polar surface area (TPSA) is 127 Å². The normalized spacial score (nSPS) is 12.3. The number of benzene rings is 1. The SMILES string of the molecule is CC(C)(CN=C(N)N)CNCc1ccc(-n2cc3cc(C(C)(C)C)[nH]c3nc2=O)cc1. The van der Waals surface area contributed by atoms with Gasteiger partial charge in [0.05, 0.1) is 5.69 Å². The minimum absolute atomic E-state index is 0.0406. The Hall–Kier alpha value is -3.13. The molecule has 0 bridgehead atoms. The van der Waals surface area contributed by atoms with E-state index in [1.165, 1.54) is 0 Å². The molecule has 6 N–H and O–H groups in total. The number of aromatic amines is 1. The van der Waals surface area contributed by atoms with Crippen LogP contribution in [0.1, 0.15) is 45.9 Å². The van der Waals surface area contributed by atoms with Crippen molar-refractivity contribution in [2.75, 3.05) is 13.1 Å². The Balaban J connectivity index is 1.71. The lowest BCUT2D eigenvalue weighted by molar-refractivity contribution is 0.352. The Labute approximate surface area is 182 Å². The molecule has 8 nitrogen and oxygen atoms in total. The van der Waals surface area contributed by atoms with E-state index in [1.54, 1.807) is 4.57 Å². The van der Waals surface area contributed by atoms with Crippen molar-refractivity contribution in [3.63, 3.8) is 0 Å². The highest BCUT2D eigenvalue weighted by molar-refractivity contribution is 5.76. The molecule has 0 aliphatic carbocycles. The van der Waals surface area contributed by atoms with Gasteiger partial charge < -0.3 is 21.8 Å². The molecule has 0 saturated heterocycles. The fourth-order valence-corrected chi connectivity index (χ4v) is 3.26. The number of rotatable bonds is 7. The van der Waals surface area contributed by atoms with Crippen molar-refractivity contribution >= 4 is 17.0 Å². The first-order valence-corrected chi connectivity index (χ1v) is 10.4. The minimum Gasteiger partial charge on any atom is -0.370 e. The monoisotopic (exact) mass is 423 g/mol. The summed E-state index contributed by atoms with van der Waals surface area (Å²) in [4.78, 5) is 24.1. The van der Waals surface area contributed by atoms with Gasteiger partial charge in [0.25, 0.3) is 0 Å². The van der Waals surface area contributed by atoms with Gasteiger partial charge in [0.15, 0.2) is 5.96 Å². The summed E-state index contributed by atoms with van der Waals surface area (Å²) in [5.41, 5.74) is 14.0. The number of hydrogen-bond donors (Lipinski definition) is 4. The second-order valence-electron chi connectivity index (χ2n) is 9.81. The molecule has 166 valence electrons. The number of nitrogens with two attached hydrogens (primary N) is 2. The standard InChI is InChI=1S/C23H33N7O/c1-22(2,3)18-10-16-12-30(21(31)29-19(16)28-18)17-8-6-15(7-9-17)11-26-13-23(4,5)14-27-20(24)25/h6-10,12,26H,11,13-14H2,1-5H3,(H4,24,25,27)(H,28,29,31). The molecule has 8 heteroatoms. The van der Waals surface area contributed by atoms with Crippen LogP contribution >= 0.6 is 0 Å². The average molecular weight is 424 g/mol. The van der Waals surface area contributed by atoms with E-state index < -0.39 is 0 Å². The van der Waals surface area contributed by atoms with E-state index in [9.17, 15) is 4.79 Å². The molecule has 0 aliphatic heterocycles. The summed E-state index contributed by atoms with van der Waals surface area (Å²) >= 11 is 0. The maximum atomic E-state index is 12.6. The molecule has 3 rings (SSSR count). The zero-order chi connectivity index (χ0) is 22.8. The van der Waals surface area contributed by atoms with Crippen molar-refractivity contribution in [2.24, 2.45) is 21.9 Å². The predicted octanol–water partition coefficient (Wildman–Crippen LogP) is 2.40. The molecule has 3 aromatic rings. The van der Waals surface area contributed by atoms with Gasteiger partial charge in [0.1, 0.15) is 5.65 Å². The summed E-state index contributed by atoms with van der Waals surface area (Å²) in [6.07, 6.45) is 1.84. The van der Waals surface area contributed by atoms with Gasteiger partial charge in [0.2, 0.25) is 0 Å². The maximum Gasteiger partial charge on any atom is 0.354 e.